The Morgan fingerprint density at radius 3 is 2.22 bits per heavy atom. The molecule has 1 N–H and O–H groups in total. The summed E-state index contributed by atoms with van der Waals surface area (Å²) in [6, 6.07) is 4.05. The first-order valence-electron chi connectivity index (χ1n) is 6.21. The standard InChI is InChI=1S/C14H22ClNO2/c1-6-11(9(2)3)16-12-7-10(15)13(17-4)8-14(12)18-5/h7-9,11,16H,6H2,1-5H3. The van der Waals surface area contributed by atoms with Crippen LogP contribution in [-0.2, 0) is 0 Å². The van der Waals surface area contributed by atoms with Crippen LogP contribution in [0, 0.1) is 5.92 Å². The van der Waals surface area contributed by atoms with Crippen LogP contribution in [0.1, 0.15) is 27.2 Å². The molecule has 0 saturated carbocycles. The topological polar surface area (TPSA) is 30.5 Å². The second-order valence-corrected chi connectivity index (χ2v) is 5.00. The number of ether oxygens (including phenoxy) is 2. The van der Waals surface area contributed by atoms with Crippen LogP contribution in [0.15, 0.2) is 12.1 Å². The van der Waals surface area contributed by atoms with Gasteiger partial charge in [-0.25, -0.2) is 0 Å². The molecular weight excluding hydrogens is 250 g/mol. The smallest absolute Gasteiger partial charge is 0.145 e. The van der Waals surface area contributed by atoms with Crippen molar-refractivity contribution in [3.05, 3.63) is 17.2 Å². The molecule has 1 aromatic carbocycles. The molecule has 0 aliphatic carbocycles. The van der Waals surface area contributed by atoms with Gasteiger partial charge >= 0.3 is 0 Å². The molecular formula is C14H22ClNO2. The van der Waals surface area contributed by atoms with E-state index in [4.69, 9.17) is 21.1 Å². The highest BCUT2D eigenvalue weighted by molar-refractivity contribution is 6.32. The van der Waals surface area contributed by atoms with Crippen LogP contribution in [0.2, 0.25) is 5.02 Å². The third-order valence-electron chi connectivity index (χ3n) is 3.06. The van der Waals surface area contributed by atoms with Gasteiger partial charge in [-0.05, 0) is 18.4 Å². The highest BCUT2D eigenvalue weighted by atomic mass is 35.5. The lowest BCUT2D eigenvalue weighted by molar-refractivity contribution is 0.394. The Kier molecular flexibility index (Phi) is 5.60. The SMILES string of the molecule is CCC(Nc1cc(Cl)c(OC)cc1OC)C(C)C. The second-order valence-electron chi connectivity index (χ2n) is 4.59. The number of hydrogen-bond donors (Lipinski definition) is 1. The Hall–Kier alpha value is -1.09. The maximum Gasteiger partial charge on any atom is 0.145 e. The molecule has 0 aromatic heterocycles. The lowest BCUT2D eigenvalue weighted by Crippen LogP contribution is -2.24. The van der Waals surface area contributed by atoms with Crippen molar-refractivity contribution in [2.75, 3.05) is 19.5 Å². The molecule has 0 spiro atoms. The van der Waals surface area contributed by atoms with Crippen LogP contribution in [-0.4, -0.2) is 20.3 Å². The number of hydrogen-bond acceptors (Lipinski definition) is 3. The molecule has 18 heavy (non-hydrogen) atoms. The van der Waals surface area contributed by atoms with Crippen LogP contribution in [0.3, 0.4) is 0 Å². The summed E-state index contributed by atoms with van der Waals surface area (Å²) in [6.07, 6.45) is 1.05. The molecule has 0 radical (unpaired) electrons. The number of benzene rings is 1. The minimum Gasteiger partial charge on any atom is -0.495 e. The van der Waals surface area contributed by atoms with Crippen LogP contribution < -0.4 is 14.8 Å². The second kappa shape index (κ2) is 6.74. The van der Waals surface area contributed by atoms with Crippen molar-refractivity contribution in [3.63, 3.8) is 0 Å². The Balaban J connectivity index is 3.04. The van der Waals surface area contributed by atoms with Crippen molar-refractivity contribution in [3.8, 4) is 11.5 Å². The average Bonchev–Trinajstić information content (AvgIpc) is 2.35. The van der Waals surface area contributed by atoms with Crippen molar-refractivity contribution in [1.82, 2.24) is 0 Å². The maximum atomic E-state index is 6.14. The Bertz CT molecular complexity index is 394. The van der Waals surface area contributed by atoms with E-state index < -0.39 is 0 Å². The number of nitrogens with one attached hydrogen (secondary N) is 1. The Labute approximate surface area is 114 Å². The first kappa shape index (κ1) is 15.0. The Morgan fingerprint density at radius 2 is 1.78 bits per heavy atom. The van der Waals surface area contributed by atoms with Gasteiger partial charge in [-0.3, -0.25) is 0 Å². The lowest BCUT2D eigenvalue weighted by atomic mass is 10.0. The fourth-order valence-electron chi connectivity index (χ4n) is 1.91. The first-order valence-corrected chi connectivity index (χ1v) is 6.59. The molecule has 1 aromatic rings. The highest BCUT2D eigenvalue weighted by Gasteiger charge is 2.15. The normalized spacial score (nSPS) is 12.4. The number of rotatable bonds is 6. The van der Waals surface area contributed by atoms with E-state index in [1.165, 1.54) is 0 Å². The van der Waals surface area contributed by atoms with Crippen molar-refractivity contribution in [2.45, 2.75) is 33.2 Å². The van der Waals surface area contributed by atoms with Gasteiger partial charge in [-0.1, -0.05) is 32.4 Å². The summed E-state index contributed by atoms with van der Waals surface area (Å²) in [7, 11) is 3.24. The number of anilines is 1. The molecule has 1 atom stereocenters. The van der Waals surface area contributed by atoms with E-state index in [9.17, 15) is 0 Å². The van der Waals surface area contributed by atoms with Gasteiger partial charge in [0.2, 0.25) is 0 Å². The monoisotopic (exact) mass is 271 g/mol. The van der Waals surface area contributed by atoms with E-state index in [2.05, 4.69) is 26.1 Å². The zero-order chi connectivity index (χ0) is 13.7. The predicted octanol–water partition coefficient (Wildman–Crippen LogP) is 4.20. The summed E-state index contributed by atoms with van der Waals surface area (Å²) in [6.45, 7) is 6.55. The summed E-state index contributed by atoms with van der Waals surface area (Å²) in [5.74, 6) is 1.91. The van der Waals surface area contributed by atoms with Crippen LogP contribution in [0.4, 0.5) is 5.69 Å². The summed E-state index contributed by atoms with van der Waals surface area (Å²) < 4.78 is 10.5. The molecule has 0 heterocycles. The summed E-state index contributed by atoms with van der Waals surface area (Å²) in [5.41, 5.74) is 0.906. The van der Waals surface area contributed by atoms with E-state index in [1.807, 2.05) is 6.07 Å². The predicted molar refractivity (Wildman–Crippen MR) is 77.1 cm³/mol. The Morgan fingerprint density at radius 1 is 1.17 bits per heavy atom. The third-order valence-corrected chi connectivity index (χ3v) is 3.35. The molecule has 1 rings (SSSR count). The molecule has 3 nitrogen and oxygen atoms in total. The van der Waals surface area contributed by atoms with Crippen LogP contribution in [0.25, 0.3) is 0 Å². The molecule has 102 valence electrons. The van der Waals surface area contributed by atoms with E-state index >= 15 is 0 Å². The van der Waals surface area contributed by atoms with E-state index in [0.29, 0.717) is 22.7 Å². The maximum absolute atomic E-state index is 6.14. The van der Waals surface area contributed by atoms with Gasteiger partial charge in [0.15, 0.2) is 0 Å². The largest absolute Gasteiger partial charge is 0.495 e. The molecule has 1 unspecified atom stereocenters. The molecule has 4 heteroatoms. The van der Waals surface area contributed by atoms with Crippen molar-refractivity contribution < 1.29 is 9.47 Å². The average molecular weight is 272 g/mol. The van der Waals surface area contributed by atoms with Gasteiger partial charge < -0.3 is 14.8 Å². The molecule has 0 amide bonds. The molecule has 0 aliphatic heterocycles. The van der Waals surface area contributed by atoms with E-state index in [-0.39, 0.29) is 0 Å². The minimum absolute atomic E-state index is 0.392. The van der Waals surface area contributed by atoms with Gasteiger partial charge in [-0.2, -0.15) is 0 Å². The van der Waals surface area contributed by atoms with Crippen LogP contribution in [0.5, 0.6) is 11.5 Å². The summed E-state index contributed by atoms with van der Waals surface area (Å²) >= 11 is 6.14. The van der Waals surface area contributed by atoms with Gasteiger partial charge in [0, 0.05) is 12.1 Å². The van der Waals surface area contributed by atoms with Crippen molar-refractivity contribution in [2.24, 2.45) is 5.92 Å². The zero-order valence-corrected chi connectivity index (χ0v) is 12.5. The quantitative estimate of drug-likeness (QED) is 0.841. The third kappa shape index (κ3) is 3.45. The summed E-state index contributed by atoms with van der Waals surface area (Å²) in [5, 5.41) is 4.06. The van der Waals surface area contributed by atoms with Gasteiger partial charge in [0.05, 0.1) is 24.9 Å². The molecule has 0 fully saturated rings. The fraction of sp³-hybridized carbons (Fsp3) is 0.571. The molecule has 0 saturated heterocycles. The van der Waals surface area contributed by atoms with Crippen LogP contribution >= 0.6 is 11.6 Å². The summed E-state index contributed by atoms with van der Waals surface area (Å²) in [4.78, 5) is 0. The number of halogens is 1. The number of methoxy groups -OCH3 is 2. The highest BCUT2D eigenvalue weighted by Crippen LogP contribution is 2.36. The van der Waals surface area contributed by atoms with Gasteiger partial charge in [0.1, 0.15) is 11.5 Å². The van der Waals surface area contributed by atoms with Gasteiger partial charge in [-0.15, -0.1) is 0 Å². The molecule has 0 bridgehead atoms. The zero-order valence-electron chi connectivity index (χ0n) is 11.7. The molecule has 0 aliphatic rings. The van der Waals surface area contributed by atoms with Crippen molar-refractivity contribution in [1.29, 1.82) is 0 Å². The lowest BCUT2D eigenvalue weighted by Gasteiger charge is -2.23. The minimum atomic E-state index is 0.392. The van der Waals surface area contributed by atoms with E-state index in [0.717, 1.165) is 17.9 Å². The van der Waals surface area contributed by atoms with E-state index in [1.54, 1.807) is 20.3 Å². The first-order chi connectivity index (χ1) is 8.53. The van der Waals surface area contributed by atoms with Crippen molar-refractivity contribution >= 4 is 17.3 Å². The van der Waals surface area contributed by atoms with Gasteiger partial charge in [0.25, 0.3) is 0 Å². The fourth-order valence-corrected chi connectivity index (χ4v) is 2.15.